The molecule has 4 heteroatoms. The maximum absolute atomic E-state index is 11.8. The number of thiocarbonyl (C=S) groups is 1. The Labute approximate surface area is 83.5 Å². The molecule has 0 bridgehead atoms. The first-order valence-corrected chi connectivity index (χ1v) is 5.19. The molecular weight excluding hydrogens is 184 g/mol. The maximum atomic E-state index is 11.8. The zero-order valence-corrected chi connectivity index (χ0v) is 8.56. The smallest absolute Gasteiger partial charge is 0.233 e. The fourth-order valence-corrected chi connectivity index (χ4v) is 2.44. The number of nitrogens with one attached hydrogen (secondary N) is 1. The molecule has 0 aromatic carbocycles. The third-order valence-corrected chi connectivity index (χ3v) is 3.42. The molecule has 1 saturated heterocycles. The molecule has 2 rings (SSSR count). The molecule has 0 aromatic heterocycles. The molecule has 1 amide bonds. The van der Waals surface area contributed by atoms with Crippen molar-refractivity contribution in [2.75, 3.05) is 7.05 Å². The molecule has 72 valence electrons. The predicted molar refractivity (Wildman–Crippen MR) is 54.2 cm³/mol. The van der Waals surface area contributed by atoms with E-state index in [0.717, 1.165) is 12.8 Å². The summed E-state index contributed by atoms with van der Waals surface area (Å²) >= 11 is 5.07. The van der Waals surface area contributed by atoms with Crippen LogP contribution in [0.25, 0.3) is 0 Å². The van der Waals surface area contributed by atoms with Crippen molar-refractivity contribution in [3.63, 3.8) is 0 Å². The van der Waals surface area contributed by atoms with Crippen molar-refractivity contribution in [3.8, 4) is 0 Å². The fourth-order valence-electron chi connectivity index (χ4n) is 2.20. The van der Waals surface area contributed by atoms with Crippen LogP contribution in [0, 0.1) is 5.92 Å². The first-order valence-electron chi connectivity index (χ1n) is 4.78. The van der Waals surface area contributed by atoms with Crippen molar-refractivity contribution >= 4 is 23.2 Å². The number of fused-ring (bicyclic) bond motifs is 1. The molecule has 1 aliphatic carbocycles. The monoisotopic (exact) mass is 198 g/mol. The highest BCUT2D eigenvalue weighted by atomic mass is 32.1. The van der Waals surface area contributed by atoms with E-state index < -0.39 is 0 Å². The molecule has 2 atom stereocenters. The van der Waals surface area contributed by atoms with Crippen LogP contribution < -0.4 is 5.32 Å². The quantitative estimate of drug-likeness (QED) is 0.587. The molecule has 0 radical (unpaired) electrons. The summed E-state index contributed by atoms with van der Waals surface area (Å²) in [6, 6.07) is 0.310. The molecule has 0 unspecified atom stereocenters. The summed E-state index contributed by atoms with van der Waals surface area (Å²) in [5.41, 5.74) is 0. The molecule has 3 nitrogen and oxygen atoms in total. The Bertz CT molecular complexity index is 254. The fraction of sp³-hybridized carbons (Fsp3) is 0.778. The molecule has 2 fully saturated rings. The third kappa shape index (κ3) is 1.43. The second kappa shape index (κ2) is 3.25. The van der Waals surface area contributed by atoms with Gasteiger partial charge in [0, 0.05) is 13.1 Å². The Kier molecular flexibility index (Phi) is 2.24. The lowest BCUT2D eigenvalue weighted by atomic mass is 9.82. The van der Waals surface area contributed by atoms with E-state index in [1.807, 2.05) is 0 Å². The van der Waals surface area contributed by atoms with Gasteiger partial charge in [0.2, 0.25) is 5.91 Å². The Balaban J connectivity index is 2.17. The van der Waals surface area contributed by atoms with Crippen LogP contribution in [0.4, 0.5) is 0 Å². The van der Waals surface area contributed by atoms with Crippen LogP contribution in [-0.4, -0.2) is 29.0 Å². The number of hydrogen-bond acceptors (Lipinski definition) is 2. The van der Waals surface area contributed by atoms with Gasteiger partial charge in [0.25, 0.3) is 0 Å². The van der Waals surface area contributed by atoms with Gasteiger partial charge in [-0.15, -0.1) is 0 Å². The predicted octanol–water partition coefficient (Wildman–Crippen LogP) is 0.892. The van der Waals surface area contributed by atoms with E-state index in [4.69, 9.17) is 12.2 Å². The van der Waals surface area contributed by atoms with E-state index in [1.165, 1.54) is 12.8 Å². The average molecular weight is 198 g/mol. The normalized spacial score (nSPS) is 34.1. The molecule has 13 heavy (non-hydrogen) atoms. The van der Waals surface area contributed by atoms with E-state index >= 15 is 0 Å². The standard InChI is InChI=1S/C9H14N2OS/c1-11-8(12)6-4-2-3-5-7(6)10-9(11)13/h6-7H,2-5H2,1H3,(H,10,13)/t6-,7+/m0/s1. The van der Waals surface area contributed by atoms with E-state index in [2.05, 4.69) is 5.32 Å². The van der Waals surface area contributed by atoms with Crippen LogP contribution in [0.3, 0.4) is 0 Å². The third-order valence-electron chi connectivity index (χ3n) is 3.03. The summed E-state index contributed by atoms with van der Waals surface area (Å²) in [6.45, 7) is 0. The number of carbonyl (C=O) groups excluding carboxylic acids is 1. The van der Waals surface area contributed by atoms with Gasteiger partial charge in [-0.2, -0.15) is 0 Å². The van der Waals surface area contributed by atoms with Gasteiger partial charge in [-0.05, 0) is 25.1 Å². The second-order valence-corrected chi connectivity index (χ2v) is 4.23. The maximum Gasteiger partial charge on any atom is 0.233 e. The highest BCUT2D eigenvalue weighted by Gasteiger charge is 2.38. The lowest BCUT2D eigenvalue weighted by molar-refractivity contribution is -0.133. The summed E-state index contributed by atoms with van der Waals surface area (Å²) in [5.74, 6) is 0.374. The summed E-state index contributed by atoms with van der Waals surface area (Å²) in [5, 5.41) is 3.83. The van der Waals surface area contributed by atoms with Crippen molar-refractivity contribution in [1.29, 1.82) is 0 Å². The van der Waals surface area contributed by atoms with Crippen molar-refractivity contribution in [2.45, 2.75) is 31.7 Å². The Morgan fingerprint density at radius 3 is 2.92 bits per heavy atom. The molecular formula is C9H14N2OS. The summed E-state index contributed by atoms with van der Waals surface area (Å²) < 4.78 is 0. The topological polar surface area (TPSA) is 32.3 Å². The van der Waals surface area contributed by atoms with Gasteiger partial charge in [-0.1, -0.05) is 12.8 Å². The molecule has 0 aromatic rings. The molecule has 0 spiro atoms. The number of rotatable bonds is 0. The highest BCUT2D eigenvalue weighted by Crippen LogP contribution is 2.28. The Hall–Kier alpha value is -0.640. The van der Waals surface area contributed by atoms with Crippen LogP contribution in [0.2, 0.25) is 0 Å². The first-order chi connectivity index (χ1) is 6.20. The first kappa shape index (κ1) is 8.94. The van der Waals surface area contributed by atoms with E-state index in [0.29, 0.717) is 11.2 Å². The number of carbonyl (C=O) groups is 1. The van der Waals surface area contributed by atoms with Crippen LogP contribution in [0.5, 0.6) is 0 Å². The Morgan fingerprint density at radius 1 is 1.46 bits per heavy atom. The molecule has 1 heterocycles. The van der Waals surface area contributed by atoms with E-state index in [9.17, 15) is 4.79 Å². The molecule has 1 aliphatic heterocycles. The van der Waals surface area contributed by atoms with Gasteiger partial charge >= 0.3 is 0 Å². The van der Waals surface area contributed by atoms with Gasteiger partial charge in [0.1, 0.15) is 0 Å². The lowest BCUT2D eigenvalue weighted by Gasteiger charge is -2.40. The minimum Gasteiger partial charge on any atom is -0.359 e. The van der Waals surface area contributed by atoms with Crippen molar-refractivity contribution in [3.05, 3.63) is 0 Å². The number of nitrogens with zero attached hydrogens (tertiary/aromatic N) is 1. The second-order valence-electron chi connectivity index (χ2n) is 3.84. The van der Waals surface area contributed by atoms with E-state index in [1.54, 1.807) is 11.9 Å². The van der Waals surface area contributed by atoms with Crippen LogP contribution in [-0.2, 0) is 4.79 Å². The molecule has 1 N–H and O–H groups in total. The summed E-state index contributed by atoms with van der Waals surface area (Å²) in [4.78, 5) is 13.3. The SMILES string of the molecule is CN1C(=O)[C@H]2CCCC[C@H]2NC1=S. The van der Waals surface area contributed by atoms with Gasteiger partial charge in [0.05, 0.1) is 5.92 Å². The highest BCUT2D eigenvalue weighted by molar-refractivity contribution is 7.80. The van der Waals surface area contributed by atoms with Crippen LogP contribution >= 0.6 is 12.2 Å². The molecule has 1 saturated carbocycles. The lowest BCUT2D eigenvalue weighted by Crippen LogP contribution is -2.59. The van der Waals surface area contributed by atoms with Crippen molar-refractivity contribution in [2.24, 2.45) is 5.92 Å². The van der Waals surface area contributed by atoms with Gasteiger partial charge in [0.15, 0.2) is 5.11 Å². The molecule has 2 aliphatic rings. The zero-order valence-electron chi connectivity index (χ0n) is 7.75. The largest absolute Gasteiger partial charge is 0.359 e. The van der Waals surface area contributed by atoms with Crippen LogP contribution in [0.15, 0.2) is 0 Å². The summed E-state index contributed by atoms with van der Waals surface area (Å²) in [7, 11) is 1.75. The van der Waals surface area contributed by atoms with E-state index in [-0.39, 0.29) is 11.8 Å². The van der Waals surface area contributed by atoms with Gasteiger partial charge in [-0.25, -0.2) is 0 Å². The van der Waals surface area contributed by atoms with Gasteiger partial charge in [-0.3, -0.25) is 9.69 Å². The van der Waals surface area contributed by atoms with Crippen molar-refractivity contribution < 1.29 is 4.79 Å². The minimum absolute atomic E-state index is 0.172. The zero-order chi connectivity index (χ0) is 9.42. The number of hydrogen-bond donors (Lipinski definition) is 1. The minimum atomic E-state index is 0.172. The van der Waals surface area contributed by atoms with Crippen LogP contribution in [0.1, 0.15) is 25.7 Å². The average Bonchev–Trinajstić information content (AvgIpc) is 2.15. The summed E-state index contributed by atoms with van der Waals surface area (Å²) in [6.07, 6.45) is 4.50. The Morgan fingerprint density at radius 2 is 2.15 bits per heavy atom. The number of amides is 1. The van der Waals surface area contributed by atoms with Gasteiger partial charge < -0.3 is 5.32 Å². The van der Waals surface area contributed by atoms with Crippen molar-refractivity contribution in [1.82, 2.24) is 10.2 Å².